The number of rotatable bonds is 5. The SMILES string of the molecule is CC(C)Cc1cc(CN2C[C@H](C(=O)O)CC2=O)no1. The average molecular weight is 266 g/mol. The number of nitrogens with zero attached hydrogens (tertiary/aromatic N) is 2. The number of carbonyl (C=O) groups is 2. The largest absolute Gasteiger partial charge is 0.481 e. The lowest BCUT2D eigenvalue weighted by Gasteiger charge is -2.13. The van der Waals surface area contributed by atoms with Gasteiger partial charge in [-0.05, 0) is 5.92 Å². The summed E-state index contributed by atoms with van der Waals surface area (Å²) in [6, 6.07) is 1.83. The van der Waals surface area contributed by atoms with Crippen LogP contribution in [0.3, 0.4) is 0 Å². The van der Waals surface area contributed by atoms with Crippen LogP contribution in [0.25, 0.3) is 0 Å². The zero-order chi connectivity index (χ0) is 14.0. The Kier molecular flexibility index (Phi) is 3.87. The molecule has 104 valence electrons. The van der Waals surface area contributed by atoms with E-state index in [0.717, 1.165) is 12.2 Å². The minimum Gasteiger partial charge on any atom is -0.481 e. The van der Waals surface area contributed by atoms with Crippen molar-refractivity contribution in [1.29, 1.82) is 0 Å². The molecule has 0 saturated carbocycles. The molecule has 19 heavy (non-hydrogen) atoms. The Bertz CT molecular complexity index is 481. The third-order valence-electron chi connectivity index (χ3n) is 3.13. The molecule has 1 aromatic rings. The molecule has 1 aliphatic rings. The maximum Gasteiger partial charge on any atom is 0.308 e. The highest BCUT2D eigenvalue weighted by Crippen LogP contribution is 2.20. The first-order valence-electron chi connectivity index (χ1n) is 6.40. The molecule has 0 aliphatic carbocycles. The summed E-state index contributed by atoms with van der Waals surface area (Å²) in [6.07, 6.45) is 0.880. The molecule has 0 aromatic carbocycles. The Balaban J connectivity index is 1.96. The lowest BCUT2D eigenvalue weighted by atomic mass is 10.1. The summed E-state index contributed by atoms with van der Waals surface area (Å²) in [7, 11) is 0. The maximum absolute atomic E-state index is 11.7. The van der Waals surface area contributed by atoms with Crippen LogP contribution in [0.1, 0.15) is 31.7 Å². The van der Waals surface area contributed by atoms with Crippen molar-refractivity contribution in [2.24, 2.45) is 11.8 Å². The molecular weight excluding hydrogens is 248 g/mol. The molecule has 1 aromatic heterocycles. The first-order chi connectivity index (χ1) is 8.95. The van der Waals surface area contributed by atoms with E-state index in [1.807, 2.05) is 6.07 Å². The van der Waals surface area contributed by atoms with Gasteiger partial charge in [0.25, 0.3) is 0 Å². The molecule has 1 amide bonds. The molecule has 0 radical (unpaired) electrons. The highest BCUT2D eigenvalue weighted by atomic mass is 16.5. The lowest BCUT2D eigenvalue weighted by Crippen LogP contribution is -2.25. The van der Waals surface area contributed by atoms with Gasteiger partial charge < -0.3 is 14.5 Å². The zero-order valence-electron chi connectivity index (χ0n) is 11.1. The summed E-state index contributed by atoms with van der Waals surface area (Å²) in [5, 5.41) is 12.8. The van der Waals surface area contributed by atoms with Crippen LogP contribution in [-0.2, 0) is 22.6 Å². The van der Waals surface area contributed by atoms with Gasteiger partial charge >= 0.3 is 5.97 Å². The van der Waals surface area contributed by atoms with Crippen LogP contribution in [0.15, 0.2) is 10.6 Å². The number of amides is 1. The summed E-state index contributed by atoms with van der Waals surface area (Å²) in [5.74, 6) is -0.385. The molecule has 0 spiro atoms. The Morgan fingerprint density at radius 2 is 2.37 bits per heavy atom. The van der Waals surface area contributed by atoms with Gasteiger partial charge in [0.15, 0.2) is 0 Å². The van der Waals surface area contributed by atoms with Crippen molar-refractivity contribution in [2.75, 3.05) is 6.54 Å². The van der Waals surface area contributed by atoms with Crippen LogP contribution < -0.4 is 0 Å². The second-order valence-corrected chi connectivity index (χ2v) is 5.40. The summed E-state index contributed by atoms with van der Waals surface area (Å²) in [4.78, 5) is 24.1. The van der Waals surface area contributed by atoms with Crippen LogP contribution >= 0.6 is 0 Å². The first-order valence-corrected chi connectivity index (χ1v) is 6.40. The molecule has 1 fully saturated rings. The lowest BCUT2D eigenvalue weighted by molar-refractivity contribution is -0.141. The van der Waals surface area contributed by atoms with E-state index in [-0.39, 0.29) is 18.9 Å². The van der Waals surface area contributed by atoms with Crippen molar-refractivity contribution in [1.82, 2.24) is 10.1 Å². The summed E-state index contributed by atoms with van der Waals surface area (Å²) < 4.78 is 5.19. The van der Waals surface area contributed by atoms with Crippen molar-refractivity contribution in [2.45, 2.75) is 33.2 Å². The van der Waals surface area contributed by atoms with E-state index in [1.54, 1.807) is 0 Å². The predicted molar refractivity (Wildman–Crippen MR) is 66.2 cm³/mol. The number of aliphatic carboxylic acids is 1. The van der Waals surface area contributed by atoms with E-state index in [9.17, 15) is 9.59 Å². The van der Waals surface area contributed by atoms with Gasteiger partial charge in [-0.15, -0.1) is 0 Å². The van der Waals surface area contributed by atoms with Crippen molar-refractivity contribution < 1.29 is 19.2 Å². The monoisotopic (exact) mass is 266 g/mol. The fraction of sp³-hybridized carbons (Fsp3) is 0.615. The standard InChI is InChI=1S/C13H18N2O4/c1-8(2)3-11-5-10(14-19-11)7-15-6-9(13(17)18)4-12(15)16/h5,8-9H,3-4,6-7H2,1-2H3,(H,17,18)/t9-/m1/s1. The molecule has 0 bridgehead atoms. The van der Waals surface area contributed by atoms with E-state index in [1.165, 1.54) is 4.90 Å². The molecular formula is C13H18N2O4. The van der Waals surface area contributed by atoms with E-state index >= 15 is 0 Å². The number of hydrogen-bond acceptors (Lipinski definition) is 4. The second kappa shape index (κ2) is 5.42. The topological polar surface area (TPSA) is 83.6 Å². The van der Waals surface area contributed by atoms with Crippen LogP contribution in [-0.4, -0.2) is 33.6 Å². The van der Waals surface area contributed by atoms with Gasteiger partial charge in [0.05, 0.1) is 12.5 Å². The minimum absolute atomic E-state index is 0.0754. The predicted octanol–water partition coefficient (Wildman–Crippen LogP) is 1.31. The number of carboxylic acids is 1. The van der Waals surface area contributed by atoms with E-state index in [2.05, 4.69) is 19.0 Å². The van der Waals surface area contributed by atoms with Gasteiger partial charge in [0.1, 0.15) is 11.5 Å². The molecule has 0 unspecified atom stereocenters. The van der Waals surface area contributed by atoms with Crippen LogP contribution in [0, 0.1) is 11.8 Å². The summed E-state index contributed by atoms with van der Waals surface area (Å²) in [6.45, 7) is 4.75. The molecule has 1 atom stereocenters. The number of hydrogen-bond donors (Lipinski definition) is 1. The molecule has 1 aliphatic heterocycles. The molecule has 2 rings (SSSR count). The van der Waals surface area contributed by atoms with Crippen LogP contribution in [0.5, 0.6) is 0 Å². The number of likely N-dealkylation sites (tertiary alicyclic amines) is 1. The number of carboxylic acid groups (broad SMARTS) is 1. The van der Waals surface area contributed by atoms with Gasteiger partial charge in [-0.25, -0.2) is 0 Å². The van der Waals surface area contributed by atoms with Gasteiger partial charge in [-0.2, -0.15) is 0 Å². The molecule has 1 saturated heterocycles. The quantitative estimate of drug-likeness (QED) is 0.868. The second-order valence-electron chi connectivity index (χ2n) is 5.40. The van der Waals surface area contributed by atoms with Gasteiger partial charge in [-0.1, -0.05) is 19.0 Å². The third kappa shape index (κ3) is 3.33. The Labute approximate surface area is 111 Å². The van der Waals surface area contributed by atoms with Gasteiger partial charge in [0, 0.05) is 25.5 Å². The fourth-order valence-corrected chi connectivity index (χ4v) is 2.21. The fourth-order valence-electron chi connectivity index (χ4n) is 2.21. The van der Waals surface area contributed by atoms with Crippen molar-refractivity contribution in [3.05, 3.63) is 17.5 Å². The first kappa shape index (κ1) is 13.6. The van der Waals surface area contributed by atoms with E-state index in [4.69, 9.17) is 9.63 Å². The molecule has 1 N–H and O–H groups in total. The molecule has 6 heteroatoms. The van der Waals surface area contributed by atoms with Gasteiger partial charge in [-0.3, -0.25) is 9.59 Å². The number of carbonyl (C=O) groups excluding carboxylic acids is 1. The Morgan fingerprint density at radius 1 is 1.63 bits per heavy atom. The smallest absolute Gasteiger partial charge is 0.308 e. The van der Waals surface area contributed by atoms with Crippen molar-refractivity contribution in [3.63, 3.8) is 0 Å². The minimum atomic E-state index is -0.920. The van der Waals surface area contributed by atoms with Crippen LogP contribution in [0.2, 0.25) is 0 Å². The normalized spacial score (nSPS) is 19.4. The zero-order valence-corrected chi connectivity index (χ0v) is 11.1. The highest BCUT2D eigenvalue weighted by molar-refractivity contribution is 5.86. The summed E-state index contributed by atoms with van der Waals surface area (Å²) in [5.41, 5.74) is 0.676. The Morgan fingerprint density at radius 3 is 2.95 bits per heavy atom. The maximum atomic E-state index is 11.7. The Hall–Kier alpha value is -1.85. The van der Waals surface area contributed by atoms with Crippen LogP contribution in [0.4, 0.5) is 0 Å². The molecule has 2 heterocycles. The van der Waals surface area contributed by atoms with E-state index in [0.29, 0.717) is 18.2 Å². The van der Waals surface area contributed by atoms with Gasteiger partial charge in [0.2, 0.25) is 5.91 Å². The average Bonchev–Trinajstić information content (AvgIpc) is 2.87. The third-order valence-corrected chi connectivity index (χ3v) is 3.13. The van der Waals surface area contributed by atoms with Crippen molar-refractivity contribution >= 4 is 11.9 Å². The van der Waals surface area contributed by atoms with E-state index < -0.39 is 11.9 Å². The number of aromatic nitrogens is 1. The van der Waals surface area contributed by atoms with Crippen molar-refractivity contribution in [3.8, 4) is 0 Å². The highest BCUT2D eigenvalue weighted by Gasteiger charge is 2.34. The molecule has 6 nitrogen and oxygen atoms in total. The summed E-state index contributed by atoms with van der Waals surface area (Å²) >= 11 is 0.